The quantitative estimate of drug-likeness (QED) is 0.628. The van der Waals surface area contributed by atoms with Gasteiger partial charge in [0.1, 0.15) is 0 Å². The zero-order valence-electron chi connectivity index (χ0n) is 7.58. The molecule has 0 heterocycles. The Hall–Kier alpha value is -0.770. The molecule has 0 aromatic heterocycles. The fourth-order valence-corrected chi connectivity index (χ4v) is 0.919. The van der Waals surface area contributed by atoms with Gasteiger partial charge in [0.05, 0.1) is 12.7 Å². The maximum atomic E-state index is 9.96. The lowest BCUT2D eigenvalue weighted by Crippen LogP contribution is -2.15. The molecule has 0 radical (unpaired) electrons. The van der Waals surface area contributed by atoms with Gasteiger partial charge < -0.3 is 14.6 Å². The van der Waals surface area contributed by atoms with Crippen LogP contribution >= 0.6 is 0 Å². The maximum Gasteiger partial charge on any atom is 0.505 e. The van der Waals surface area contributed by atoms with Crippen LogP contribution in [0.4, 0.5) is 4.79 Å². The molecule has 0 saturated carbocycles. The molecule has 1 N–H and O–H groups in total. The van der Waals surface area contributed by atoms with E-state index < -0.39 is 6.16 Å². The fraction of sp³-hybridized carbons (Fsp3) is 0.875. The Balaban J connectivity index is 3.37. The van der Waals surface area contributed by atoms with Crippen molar-refractivity contribution < 1.29 is 19.4 Å². The highest BCUT2D eigenvalue weighted by Gasteiger charge is 2.06. The standard InChI is InChI=1S/C8H16O4/c1-3-7(11-4-2)5-6-12-8(9)10/h7H,3-6H2,1-2H3,(H,9,10). The topological polar surface area (TPSA) is 55.8 Å². The zero-order valence-corrected chi connectivity index (χ0v) is 7.58. The van der Waals surface area contributed by atoms with E-state index in [0.29, 0.717) is 13.0 Å². The number of carbonyl (C=O) groups is 1. The molecular weight excluding hydrogens is 160 g/mol. The van der Waals surface area contributed by atoms with Crippen LogP contribution in [0.3, 0.4) is 0 Å². The van der Waals surface area contributed by atoms with Gasteiger partial charge >= 0.3 is 6.16 Å². The molecule has 0 bridgehead atoms. The molecule has 1 unspecified atom stereocenters. The summed E-state index contributed by atoms with van der Waals surface area (Å²) in [6.07, 6.45) is 0.420. The van der Waals surface area contributed by atoms with E-state index in [2.05, 4.69) is 4.74 Å². The number of rotatable bonds is 6. The van der Waals surface area contributed by atoms with Crippen molar-refractivity contribution in [2.75, 3.05) is 13.2 Å². The van der Waals surface area contributed by atoms with Crippen LogP contribution in [0.5, 0.6) is 0 Å². The van der Waals surface area contributed by atoms with Crippen molar-refractivity contribution in [3.8, 4) is 0 Å². The molecular formula is C8H16O4. The van der Waals surface area contributed by atoms with Crippen LogP contribution in [-0.4, -0.2) is 30.6 Å². The number of hydrogen-bond acceptors (Lipinski definition) is 3. The van der Waals surface area contributed by atoms with Crippen molar-refractivity contribution >= 4 is 6.16 Å². The number of hydrogen-bond donors (Lipinski definition) is 1. The Labute approximate surface area is 72.5 Å². The Morgan fingerprint density at radius 3 is 2.58 bits per heavy atom. The second-order valence-electron chi connectivity index (χ2n) is 2.39. The van der Waals surface area contributed by atoms with E-state index in [1.165, 1.54) is 0 Å². The molecule has 0 aliphatic rings. The average molecular weight is 176 g/mol. The Bertz CT molecular complexity index is 124. The van der Waals surface area contributed by atoms with E-state index in [9.17, 15) is 4.79 Å². The molecule has 0 rings (SSSR count). The van der Waals surface area contributed by atoms with E-state index in [-0.39, 0.29) is 12.7 Å². The summed E-state index contributed by atoms with van der Waals surface area (Å²) in [7, 11) is 0. The Kier molecular flexibility index (Phi) is 6.47. The van der Waals surface area contributed by atoms with E-state index in [0.717, 1.165) is 6.42 Å². The summed E-state index contributed by atoms with van der Waals surface area (Å²) in [6.45, 7) is 4.79. The highest BCUT2D eigenvalue weighted by Crippen LogP contribution is 2.03. The molecule has 1 atom stereocenters. The van der Waals surface area contributed by atoms with Gasteiger partial charge in [-0.3, -0.25) is 0 Å². The molecule has 0 aromatic carbocycles. The molecule has 12 heavy (non-hydrogen) atoms. The third-order valence-corrected chi connectivity index (χ3v) is 1.52. The van der Waals surface area contributed by atoms with Crippen LogP contribution in [0.15, 0.2) is 0 Å². The van der Waals surface area contributed by atoms with Crippen molar-refractivity contribution in [2.45, 2.75) is 32.8 Å². The molecule has 0 spiro atoms. The molecule has 4 heteroatoms. The Morgan fingerprint density at radius 2 is 2.17 bits per heavy atom. The van der Waals surface area contributed by atoms with E-state index in [1.54, 1.807) is 0 Å². The Morgan fingerprint density at radius 1 is 1.50 bits per heavy atom. The van der Waals surface area contributed by atoms with Crippen LogP contribution in [0.2, 0.25) is 0 Å². The summed E-state index contributed by atoms with van der Waals surface area (Å²) in [4.78, 5) is 9.96. The first-order chi connectivity index (χ1) is 5.70. The van der Waals surface area contributed by atoms with Crippen molar-refractivity contribution in [2.24, 2.45) is 0 Å². The third kappa shape index (κ3) is 5.97. The highest BCUT2D eigenvalue weighted by molar-refractivity contribution is 5.56. The van der Waals surface area contributed by atoms with Gasteiger partial charge in [-0.1, -0.05) is 6.92 Å². The summed E-state index contributed by atoms with van der Waals surface area (Å²) in [5, 5.41) is 8.17. The van der Waals surface area contributed by atoms with Crippen LogP contribution in [0.25, 0.3) is 0 Å². The molecule has 4 nitrogen and oxygen atoms in total. The average Bonchev–Trinajstić information content (AvgIpc) is 2.02. The largest absolute Gasteiger partial charge is 0.505 e. The van der Waals surface area contributed by atoms with Crippen LogP contribution < -0.4 is 0 Å². The number of ether oxygens (including phenoxy) is 2. The fourth-order valence-electron chi connectivity index (χ4n) is 0.919. The lowest BCUT2D eigenvalue weighted by Gasteiger charge is -2.13. The van der Waals surface area contributed by atoms with Gasteiger partial charge in [-0.25, -0.2) is 4.79 Å². The summed E-state index contributed by atoms with van der Waals surface area (Å²) < 4.78 is 9.66. The lowest BCUT2D eigenvalue weighted by molar-refractivity contribution is 0.0288. The molecule has 72 valence electrons. The summed E-state index contributed by atoms with van der Waals surface area (Å²) in [5.74, 6) is 0. The molecule has 0 aliphatic carbocycles. The third-order valence-electron chi connectivity index (χ3n) is 1.52. The smallest absolute Gasteiger partial charge is 0.450 e. The highest BCUT2D eigenvalue weighted by atomic mass is 16.7. The zero-order chi connectivity index (χ0) is 9.40. The van der Waals surface area contributed by atoms with Gasteiger partial charge in [0.2, 0.25) is 0 Å². The first-order valence-electron chi connectivity index (χ1n) is 4.18. The summed E-state index contributed by atoms with van der Waals surface area (Å²) in [5.41, 5.74) is 0. The molecule has 0 amide bonds. The normalized spacial score (nSPS) is 12.5. The number of carboxylic acid groups (broad SMARTS) is 1. The minimum absolute atomic E-state index is 0.120. The monoisotopic (exact) mass is 176 g/mol. The minimum Gasteiger partial charge on any atom is -0.450 e. The first kappa shape index (κ1) is 11.2. The van der Waals surface area contributed by atoms with Gasteiger partial charge in [-0.05, 0) is 13.3 Å². The maximum absolute atomic E-state index is 9.96. The van der Waals surface area contributed by atoms with Crippen molar-refractivity contribution in [1.82, 2.24) is 0 Å². The van der Waals surface area contributed by atoms with E-state index in [1.807, 2.05) is 13.8 Å². The van der Waals surface area contributed by atoms with E-state index in [4.69, 9.17) is 9.84 Å². The van der Waals surface area contributed by atoms with Gasteiger partial charge in [0, 0.05) is 13.0 Å². The second kappa shape index (κ2) is 6.91. The first-order valence-corrected chi connectivity index (χ1v) is 4.18. The molecule has 0 aliphatic heterocycles. The van der Waals surface area contributed by atoms with Crippen LogP contribution in [0.1, 0.15) is 26.7 Å². The van der Waals surface area contributed by atoms with Gasteiger partial charge in [-0.15, -0.1) is 0 Å². The molecule has 0 fully saturated rings. The summed E-state index contributed by atoms with van der Waals surface area (Å²) in [6, 6.07) is 0. The van der Waals surface area contributed by atoms with E-state index >= 15 is 0 Å². The van der Waals surface area contributed by atoms with Crippen molar-refractivity contribution in [3.63, 3.8) is 0 Å². The van der Waals surface area contributed by atoms with Crippen molar-refractivity contribution in [1.29, 1.82) is 0 Å². The van der Waals surface area contributed by atoms with Crippen LogP contribution in [0, 0.1) is 0 Å². The van der Waals surface area contributed by atoms with Crippen LogP contribution in [-0.2, 0) is 9.47 Å². The molecule has 0 saturated heterocycles. The van der Waals surface area contributed by atoms with Crippen molar-refractivity contribution in [3.05, 3.63) is 0 Å². The SMILES string of the molecule is CCOC(CC)CCOC(=O)O. The van der Waals surface area contributed by atoms with Gasteiger partial charge in [0.25, 0.3) is 0 Å². The predicted octanol–water partition coefficient (Wildman–Crippen LogP) is 1.89. The lowest BCUT2D eigenvalue weighted by atomic mass is 10.2. The summed E-state index contributed by atoms with van der Waals surface area (Å²) >= 11 is 0. The second-order valence-corrected chi connectivity index (χ2v) is 2.39. The predicted molar refractivity (Wildman–Crippen MR) is 44.3 cm³/mol. The minimum atomic E-state index is -1.22. The van der Waals surface area contributed by atoms with Gasteiger partial charge in [-0.2, -0.15) is 0 Å². The van der Waals surface area contributed by atoms with Gasteiger partial charge in [0.15, 0.2) is 0 Å². The molecule has 0 aromatic rings.